The first-order chi connectivity index (χ1) is 5.79. The molecule has 5 heteroatoms. The number of nitrogen functional groups attached to an aromatic ring is 1. The molecule has 0 radical (unpaired) electrons. The average Bonchev–Trinajstić information content (AvgIpc) is 2.78. The van der Waals surface area contributed by atoms with Crippen LogP contribution in [0.2, 0.25) is 0 Å². The van der Waals surface area contributed by atoms with Gasteiger partial charge in [-0.15, -0.1) is 0 Å². The third-order valence-electron chi connectivity index (χ3n) is 1.70. The zero-order valence-electron chi connectivity index (χ0n) is 6.40. The van der Waals surface area contributed by atoms with Gasteiger partial charge in [0, 0.05) is 6.07 Å². The van der Waals surface area contributed by atoms with E-state index in [1.54, 1.807) is 10.7 Å². The summed E-state index contributed by atoms with van der Waals surface area (Å²) in [4.78, 5) is 0. The fourth-order valence-electron chi connectivity index (χ4n) is 0.998. The fraction of sp³-hybridized carbons (Fsp3) is 0.429. The summed E-state index contributed by atoms with van der Waals surface area (Å²) in [6.45, 7) is 1.41. The lowest BCUT2D eigenvalue weighted by Gasteiger charge is -1.98. The Kier molecular flexibility index (Phi) is 1.48. The van der Waals surface area contributed by atoms with Crippen molar-refractivity contribution >= 4 is 5.82 Å². The molecule has 1 aliphatic rings. The molecule has 1 aliphatic heterocycles. The molecule has 1 saturated heterocycles. The van der Waals surface area contributed by atoms with E-state index in [2.05, 4.69) is 5.10 Å². The molecule has 0 aromatic carbocycles. The monoisotopic (exact) mass is 164 g/mol. The molecule has 1 unspecified atom stereocenters. The Morgan fingerprint density at radius 3 is 3.17 bits per heavy atom. The van der Waals surface area contributed by atoms with Gasteiger partial charge in [0.25, 0.3) is 0 Å². The Morgan fingerprint density at radius 1 is 1.92 bits per heavy atom. The second-order valence-electron chi connectivity index (χ2n) is 2.70. The third-order valence-corrected chi connectivity index (χ3v) is 1.70. The summed E-state index contributed by atoms with van der Waals surface area (Å²) in [6, 6.07) is 3.49. The highest BCUT2D eigenvalue weighted by Crippen LogP contribution is 2.14. The van der Waals surface area contributed by atoms with Crippen LogP contribution in [0, 0.1) is 11.3 Å². The van der Waals surface area contributed by atoms with Crippen molar-refractivity contribution in [3.05, 3.63) is 11.8 Å². The minimum atomic E-state index is 0.235. The molecule has 0 aliphatic carbocycles. The van der Waals surface area contributed by atoms with Gasteiger partial charge in [0.15, 0.2) is 5.69 Å². The highest BCUT2D eigenvalue weighted by Gasteiger charge is 2.24. The van der Waals surface area contributed by atoms with E-state index < -0.39 is 0 Å². The van der Waals surface area contributed by atoms with Crippen molar-refractivity contribution < 1.29 is 4.74 Å². The van der Waals surface area contributed by atoms with E-state index in [1.165, 1.54) is 0 Å². The van der Waals surface area contributed by atoms with Gasteiger partial charge < -0.3 is 10.5 Å². The number of anilines is 1. The molecule has 2 rings (SSSR count). The Hall–Kier alpha value is -1.54. The first-order valence-electron chi connectivity index (χ1n) is 3.64. The van der Waals surface area contributed by atoms with Gasteiger partial charge in [-0.3, -0.25) is 0 Å². The smallest absolute Gasteiger partial charge is 0.164 e. The summed E-state index contributed by atoms with van der Waals surface area (Å²) < 4.78 is 6.60. The van der Waals surface area contributed by atoms with E-state index in [0.717, 1.165) is 6.61 Å². The van der Waals surface area contributed by atoms with Crippen molar-refractivity contribution in [3.8, 4) is 6.07 Å². The van der Waals surface area contributed by atoms with Gasteiger partial charge in [-0.05, 0) is 0 Å². The van der Waals surface area contributed by atoms with Gasteiger partial charge in [0.1, 0.15) is 18.0 Å². The summed E-state index contributed by atoms with van der Waals surface area (Å²) in [6.07, 6.45) is 0.235. The van der Waals surface area contributed by atoms with Crippen LogP contribution in [0.1, 0.15) is 5.69 Å². The highest BCUT2D eigenvalue weighted by molar-refractivity contribution is 5.36. The molecule has 0 saturated carbocycles. The molecule has 12 heavy (non-hydrogen) atoms. The molecule has 0 amide bonds. The molecule has 2 heterocycles. The van der Waals surface area contributed by atoms with Crippen LogP contribution in [-0.2, 0) is 11.3 Å². The summed E-state index contributed by atoms with van der Waals surface area (Å²) in [7, 11) is 0. The van der Waals surface area contributed by atoms with Gasteiger partial charge in [-0.1, -0.05) is 0 Å². The van der Waals surface area contributed by atoms with E-state index in [-0.39, 0.29) is 6.10 Å². The van der Waals surface area contributed by atoms with Crippen LogP contribution in [-0.4, -0.2) is 22.5 Å². The first-order valence-corrected chi connectivity index (χ1v) is 3.64. The van der Waals surface area contributed by atoms with Gasteiger partial charge in [-0.2, -0.15) is 10.4 Å². The van der Waals surface area contributed by atoms with E-state index >= 15 is 0 Å². The number of nitrogens with zero attached hydrogens (tertiary/aromatic N) is 3. The topological polar surface area (TPSA) is 80.2 Å². The van der Waals surface area contributed by atoms with Crippen molar-refractivity contribution in [1.82, 2.24) is 9.78 Å². The van der Waals surface area contributed by atoms with E-state index in [1.807, 2.05) is 6.07 Å². The average molecular weight is 164 g/mol. The molecule has 5 nitrogen and oxygen atoms in total. The summed E-state index contributed by atoms with van der Waals surface area (Å²) in [5.41, 5.74) is 5.94. The minimum Gasteiger partial charge on any atom is -0.384 e. The van der Waals surface area contributed by atoms with Crippen molar-refractivity contribution in [3.63, 3.8) is 0 Å². The summed E-state index contributed by atoms with van der Waals surface area (Å²) in [5.74, 6) is 0.516. The van der Waals surface area contributed by atoms with E-state index in [9.17, 15) is 0 Å². The predicted molar refractivity (Wildman–Crippen MR) is 41.1 cm³/mol. The number of nitrogens with two attached hydrogens (primary N) is 1. The minimum absolute atomic E-state index is 0.235. The van der Waals surface area contributed by atoms with Gasteiger partial charge in [0.2, 0.25) is 0 Å². The molecule has 0 spiro atoms. The predicted octanol–water partition coefficient (Wildman–Crippen LogP) is -0.264. The fourth-order valence-corrected chi connectivity index (χ4v) is 0.998. The quantitative estimate of drug-likeness (QED) is 0.610. The standard InChI is InChI=1S/C7H8N4O/c8-2-5-1-7(9)11(10-5)3-6-4-12-6/h1,6H,3-4,9H2. The van der Waals surface area contributed by atoms with Crippen LogP contribution in [0.15, 0.2) is 6.07 Å². The normalized spacial score (nSPS) is 20.4. The van der Waals surface area contributed by atoms with Crippen molar-refractivity contribution in [2.24, 2.45) is 0 Å². The van der Waals surface area contributed by atoms with Crippen molar-refractivity contribution in [2.75, 3.05) is 12.3 Å². The maximum atomic E-state index is 8.51. The lowest BCUT2D eigenvalue weighted by atomic mass is 10.4. The summed E-state index contributed by atoms with van der Waals surface area (Å²) >= 11 is 0. The van der Waals surface area contributed by atoms with E-state index in [4.69, 9.17) is 15.7 Å². The molecule has 1 atom stereocenters. The molecule has 1 fully saturated rings. The number of nitriles is 1. The lowest BCUT2D eigenvalue weighted by Crippen LogP contribution is -2.08. The number of hydrogen-bond acceptors (Lipinski definition) is 4. The molecule has 1 aromatic rings. The Bertz CT molecular complexity index is 334. The second-order valence-corrected chi connectivity index (χ2v) is 2.70. The van der Waals surface area contributed by atoms with Gasteiger partial charge in [-0.25, -0.2) is 4.68 Å². The van der Waals surface area contributed by atoms with Crippen molar-refractivity contribution in [1.29, 1.82) is 5.26 Å². The maximum absolute atomic E-state index is 8.51. The number of epoxide rings is 1. The Morgan fingerprint density at radius 2 is 2.67 bits per heavy atom. The largest absolute Gasteiger partial charge is 0.384 e. The van der Waals surface area contributed by atoms with Crippen molar-refractivity contribution in [2.45, 2.75) is 12.6 Å². The van der Waals surface area contributed by atoms with Crippen LogP contribution >= 0.6 is 0 Å². The molecule has 1 aromatic heterocycles. The molecule has 62 valence electrons. The van der Waals surface area contributed by atoms with Gasteiger partial charge >= 0.3 is 0 Å². The zero-order valence-corrected chi connectivity index (χ0v) is 6.40. The number of rotatable bonds is 2. The van der Waals surface area contributed by atoms with Crippen LogP contribution in [0.4, 0.5) is 5.82 Å². The number of aromatic nitrogens is 2. The molecular weight excluding hydrogens is 156 g/mol. The number of hydrogen-bond donors (Lipinski definition) is 1. The zero-order chi connectivity index (χ0) is 8.55. The van der Waals surface area contributed by atoms with Crippen LogP contribution in [0.5, 0.6) is 0 Å². The molecular formula is C7H8N4O. The Labute approximate surface area is 69.3 Å². The van der Waals surface area contributed by atoms with Crippen LogP contribution < -0.4 is 5.73 Å². The first kappa shape index (κ1) is 7.13. The Balaban J connectivity index is 2.18. The van der Waals surface area contributed by atoms with Crippen LogP contribution in [0.25, 0.3) is 0 Å². The third kappa shape index (κ3) is 1.24. The lowest BCUT2D eigenvalue weighted by molar-refractivity contribution is 0.375. The van der Waals surface area contributed by atoms with Crippen LogP contribution in [0.3, 0.4) is 0 Å². The maximum Gasteiger partial charge on any atom is 0.164 e. The molecule has 2 N–H and O–H groups in total. The summed E-state index contributed by atoms with van der Waals surface area (Å²) in [5, 5.41) is 12.5. The second kappa shape index (κ2) is 2.50. The molecule has 0 bridgehead atoms. The number of ether oxygens (including phenoxy) is 1. The van der Waals surface area contributed by atoms with E-state index in [0.29, 0.717) is 18.1 Å². The van der Waals surface area contributed by atoms with Gasteiger partial charge in [0.05, 0.1) is 13.2 Å². The highest BCUT2D eigenvalue weighted by atomic mass is 16.6. The SMILES string of the molecule is N#Cc1cc(N)n(CC2CO2)n1.